The van der Waals surface area contributed by atoms with Crippen LogP contribution in [0.3, 0.4) is 0 Å². The summed E-state index contributed by atoms with van der Waals surface area (Å²) in [7, 11) is 1.52. The van der Waals surface area contributed by atoms with Gasteiger partial charge in [0.15, 0.2) is 11.5 Å². The Hall–Kier alpha value is -3.67. The Balaban J connectivity index is 1.60. The van der Waals surface area contributed by atoms with Gasteiger partial charge in [-0.1, -0.05) is 30.3 Å². The number of methoxy groups -OCH3 is 1. The number of benzene rings is 3. The number of hydrazone groups is 1. The summed E-state index contributed by atoms with van der Waals surface area (Å²) in [5.41, 5.74) is 3.34. The standard InChI is InChI=1S/C23H20N2O4/c1-28-22-11-10-14(12-20(22)27)23-25-18(16-7-3-5-9-21(16)29-23)13-17(24-25)15-6-2-4-8-19(15)26/h2-12,18,23,26-27H,13H2,1H3/t18-,23+/m0/s1. The minimum Gasteiger partial charge on any atom is -0.507 e. The molecule has 0 aliphatic carbocycles. The highest BCUT2D eigenvalue weighted by Gasteiger charge is 2.41. The SMILES string of the molecule is COc1ccc([C@H]2Oc3ccccc3[C@@H]3CC(c4ccccc4O)=NN23)cc1O. The van der Waals surface area contributed by atoms with E-state index in [0.29, 0.717) is 12.2 Å². The molecule has 3 aromatic carbocycles. The van der Waals surface area contributed by atoms with Gasteiger partial charge in [-0.05, 0) is 36.4 Å². The molecule has 2 aliphatic heterocycles. The number of hydrogen-bond acceptors (Lipinski definition) is 6. The van der Waals surface area contributed by atoms with Gasteiger partial charge in [0.2, 0.25) is 6.23 Å². The molecule has 146 valence electrons. The van der Waals surface area contributed by atoms with E-state index in [2.05, 4.69) is 0 Å². The summed E-state index contributed by atoms with van der Waals surface area (Å²) in [6.07, 6.45) is 0.145. The summed E-state index contributed by atoms with van der Waals surface area (Å²) in [5, 5.41) is 27.3. The van der Waals surface area contributed by atoms with Crippen LogP contribution in [-0.4, -0.2) is 28.0 Å². The molecule has 6 heteroatoms. The van der Waals surface area contributed by atoms with E-state index in [4.69, 9.17) is 14.6 Å². The van der Waals surface area contributed by atoms with E-state index in [9.17, 15) is 10.2 Å². The van der Waals surface area contributed by atoms with Crippen molar-refractivity contribution in [2.45, 2.75) is 18.7 Å². The number of ether oxygens (including phenoxy) is 2. The van der Waals surface area contributed by atoms with Gasteiger partial charge in [0.05, 0.1) is 18.9 Å². The molecule has 0 radical (unpaired) electrons. The maximum atomic E-state index is 10.3. The number of aromatic hydroxyl groups is 2. The predicted octanol–water partition coefficient (Wildman–Crippen LogP) is 4.35. The van der Waals surface area contributed by atoms with Crippen LogP contribution < -0.4 is 9.47 Å². The van der Waals surface area contributed by atoms with Gasteiger partial charge in [0.1, 0.15) is 11.5 Å². The molecule has 2 N–H and O–H groups in total. The molecule has 0 fully saturated rings. The molecule has 0 amide bonds. The van der Waals surface area contributed by atoms with Crippen LogP contribution in [0.1, 0.15) is 35.4 Å². The topological polar surface area (TPSA) is 74.5 Å². The minimum absolute atomic E-state index is 0.0243. The third-order valence-corrected chi connectivity index (χ3v) is 5.40. The number of para-hydroxylation sites is 2. The maximum Gasteiger partial charge on any atom is 0.214 e. The van der Waals surface area contributed by atoms with Crippen molar-refractivity contribution in [2.24, 2.45) is 5.10 Å². The Kier molecular flexibility index (Phi) is 4.05. The van der Waals surface area contributed by atoms with Gasteiger partial charge in [-0.25, -0.2) is 5.01 Å². The molecule has 6 nitrogen and oxygen atoms in total. The van der Waals surface area contributed by atoms with E-state index in [1.165, 1.54) is 7.11 Å². The van der Waals surface area contributed by atoms with E-state index in [0.717, 1.165) is 28.2 Å². The summed E-state index contributed by atoms with van der Waals surface area (Å²) in [5.74, 6) is 1.45. The molecule has 0 aromatic heterocycles. The zero-order chi connectivity index (χ0) is 20.0. The van der Waals surface area contributed by atoms with Crippen molar-refractivity contribution in [1.29, 1.82) is 0 Å². The molecule has 5 rings (SSSR count). The van der Waals surface area contributed by atoms with Gasteiger partial charge in [0, 0.05) is 23.1 Å². The van der Waals surface area contributed by atoms with Crippen molar-refractivity contribution >= 4 is 5.71 Å². The van der Waals surface area contributed by atoms with E-state index >= 15 is 0 Å². The molecule has 0 bridgehead atoms. The zero-order valence-corrected chi connectivity index (χ0v) is 15.8. The Labute approximate surface area is 168 Å². The van der Waals surface area contributed by atoms with Crippen LogP contribution in [0.25, 0.3) is 0 Å². The summed E-state index contributed by atoms with van der Waals surface area (Å²) >= 11 is 0. The molecule has 3 aromatic rings. The van der Waals surface area contributed by atoms with Crippen molar-refractivity contribution in [3.8, 4) is 23.0 Å². The quantitative estimate of drug-likeness (QED) is 0.698. The summed E-state index contributed by atoms with van der Waals surface area (Å²) < 4.78 is 11.4. The van der Waals surface area contributed by atoms with E-state index < -0.39 is 6.23 Å². The number of phenols is 2. The summed E-state index contributed by atoms with van der Waals surface area (Å²) in [4.78, 5) is 0. The van der Waals surface area contributed by atoms with Crippen molar-refractivity contribution in [3.63, 3.8) is 0 Å². The Morgan fingerprint density at radius 3 is 2.59 bits per heavy atom. The van der Waals surface area contributed by atoms with E-state index in [-0.39, 0.29) is 17.5 Å². The second kappa shape index (κ2) is 6.74. The first-order valence-electron chi connectivity index (χ1n) is 9.42. The van der Waals surface area contributed by atoms with Crippen LogP contribution in [0.4, 0.5) is 0 Å². The fourth-order valence-corrected chi connectivity index (χ4v) is 4.00. The predicted molar refractivity (Wildman–Crippen MR) is 108 cm³/mol. The van der Waals surface area contributed by atoms with Gasteiger partial charge in [0.25, 0.3) is 0 Å². The van der Waals surface area contributed by atoms with Gasteiger partial charge >= 0.3 is 0 Å². The minimum atomic E-state index is -0.505. The van der Waals surface area contributed by atoms with E-state index in [1.807, 2.05) is 47.5 Å². The number of nitrogens with zero attached hydrogens (tertiary/aromatic N) is 2. The molecule has 0 saturated heterocycles. The number of fused-ring (bicyclic) bond motifs is 3. The van der Waals surface area contributed by atoms with Crippen LogP contribution in [-0.2, 0) is 0 Å². The largest absolute Gasteiger partial charge is 0.507 e. The fourth-order valence-electron chi connectivity index (χ4n) is 4.00. The van der Waals surface area contributed by atoms with Crippen LogP contribution in [0.5, 0.6) is 23.0 Å². The second-order valence-corrected chi connectivity index (χ2v) is 7.10. The summed E-state index contributed by atoms with van der Waals surface area (Å²) in [6.45, 7) is 0. The third-order valence-electron chi connectivity index (χ3n) is 5.40. The molecule has 2 heterocycles. The van der Waals surface area contributed by atoms with Crippen LogP contribution in [0.15, 0.2) is 71.8 Å². The molecular formula is C23H20N2O4. The van der Waals surface area contributed by atoms with Crippen LogP contribution >= 0.6 is 0 Å². The Morgan fingerprint density at radius 2 is 1.79 bits per heavy atom. The number of rotatable bonds is 3. The zero-order valence-electron chi connectivity index (χ0n) is 15.8. The summed E-state index contributed by atoms with van der Waals surface area (Å²) in [6, 6.07) is 20.3. The third kappa shape index (κ3) is 2.84. The molecule has 0 spiro atoms. The molecule has 29 heavy (non-hydrogen) atoms. The fraction of sp³-hybridized carbons (Fsp3) is 0.174. The average molecular weight is 388 g/mol. The number of phenolic OH excluding ortho intramolecular Hbond substituents is 2. The average Bonchev–Trinajstić information content (AvgIpc) is 3.19. The number of hydrogen-bond donors (Lipinski definition) is 2. The van der Waals surface area contributed by atoms with Crippen LogP contribution in [0, 0.1) is 0 Å². The van der Waals surface area contributed by atoms with Gasteiger partial charge in [-0.3, -0.25) is 0 Å². The lowest BCUT2D eigenvalue weighted by Crippen LogP contribution is -2.33. The van der Waals surface area contributed by atoms with Gasteiger partial charge < -0.3 is 19.7 Å². The van der Waals surface area contributed by atoms with Gasteiger partial charge in [-0.2, -0.15) is 5.10 Å². The molecule has 2 atom stereocenters. The first kappa shape index (κ1) is 17.4. The van der Waals surface area contributed by atoms with Crippen molar-refractivity contribution in [3.05, 3.63) is 83.4 Å². The monoisotopic (exact) mass is 388 g/mol. The Bertz CT molecular complexity index is 1110. The lowest BCUT2D eigenvalue weighted by Gasteiger charge is -2.38. The van der Waals surface area contributed by atoms with Crippen molar-refractivity contribution in [1.82, 2.24) is 5.01 Å². The highest BCUT2D eigenvalue weighted by molar-refractivity contribution is 6.04. The Morgan fingerprint density at radius 1 is 1.00 bits per heavy atom. The smallest absolute Gasteiger partial charge is 0.214 e. The first-order valence-corrected chi connectivity index (χ1v) is 9.42. The highest BCUT2D eigenvalue weighted by Crippen LogP contribution is 2.48. The molecule has 0 saturated carbocycles. The maximum absolute atomic E-state index is 10.3. The normalized spacial score (nSPS) is 19.8. The highest BCUT2D eigenvalue weighted by atomic mass is 16.5. The second-order valence-electron chi connectivity index (χ2n) is 7.10. The van der Waals surface area contributed by atoms with Crippen molar-refractivity contribution in [2.75, 3.05) is 7.11 Å². The van der Waals surface area contributed by atoms with E-state index in [1.54, 1.807) is 24.3 Å². The lowest BCUT2D eigenvalue weighted by molar-refractivity contribution is -0.0191. The molecular weight excluding hydrogens is 368 g/mol. The van der Waals surface area contributed by atoms with Crippen molar-refractivity contribution < 1.29 is 19.7 Å². The molecule has 2 aliphatic rings. The first-order chi connectivity index (χ1) is 14.2. The van der Waals surface area contributed by atoms with Crippen LogP contribution in [0.2, 0.25) is 0 Å². The lowest BCUT2D eigenvalue weighted by atomic mass is 9.95. The molecule has 0 unspecified atom stereocenters. The van der Waals surface area contributed by atoms with Gasteiger partial charge in [-0.15, -0.1) is 0 Å².